The van der Waals surface area contributed by atoms with Crippen molar-refractivity contribution in [3.05, 3.63) is 16.1 Å². The minimum Gasteiger partial charge on any atom is -0.358 e. The van der Waals surface area contributed by atoms with Gasteiger partial charge in [0.15, 0.2) is 5.96 Å². The van der Waals surface area contributed by atoms with Crippen LogP contribution in [-0.4, -0.2) is 86.1 Å². The molecule has 2 saturated heterocycles. The lowest BCUT2D eigenvalue weighted by atomic mass is 9.97. The lowest BCUT2D eigenvalue weighted by molar-refractivity contribution is -0.122. The Bertz CT molecular complexity index is 706. The van der Waals surface area contributed by atoms with E-state index in [0.29, 0.717) is 18.5 Å². The second-order valence-electron chi connectivity index (χ2n) is 8.63. The molecule has 0 unspecified atom stereocenters. The van der Waals surface area contributed by atoms with E-state index >= 15 is 0 Å². The highest BCUT2D eigenvalue weighted by atomic mass is 32.1. The Hall–Kier alpha value is -1.71. The van der Waals surface area contributed by atoms with Gasteiger partial charge in [0.1, 0.15) is 0 Å². The highest BCUT2D eigenvalue weighted by molar-refractivity contribution is 7.09. The second-order valence-corrected chi connectivity index (χ2v) is 9.57. The van der Waals surface area contributed by atoms with Crippen LogP contribution in [0.3, 0.4) is 0 Å². The van der Waals surface area contributed by atoms with Gasteiger partial charge in [-0.25, -0.2) is 4.98 Å². The Labute approximate surface area is 190 Å². The molecule has 0 bridgehead atoms. The number of aromatic nitrogens is 1. The minimum atomic E-state index is 0.0900. The number of hydrogen-bond donors (Lipinski definition) is 3. The number of carbonyl (C=O) groups excluding carboxylic acids is 1. The topological polar surface area (TPSA) is 84.9 Å². The zero-order chi connectivity index (χ0) is 22.1. The van der Waals surface area contributed by atoms with Gasteiger partial charge in [-0.05, 0) is 51.1 Å². The van der Waals surface area contributed by atoms with E-state index in [4.69, 9.17) is 4.98 Å². The second kappa shape index (κ2) is 12.4. The Morgan fingerprint density at radius 3 is 2.52 bits per heavy atom. The molecule has 0 radical (unpaired) electrons. The van der Waals surface area contributed by atoms with E-state index in [1.54, 1.807) is 18.4 Å². The molecule has 1 aromatic rings. The maximum absolute atomic E-state index is 11.5. The van der Waals surface area contributed by atoms with Crippen molar-refractivity contribution < 1.29 is 4.79 Å². The normalized spacial score (nSPS) is 20.0. The third kappa shape index (κ3) is 7.73. The smallest absolute Gasteiger partial charge is 0.233 e. The molecule has 3 N–H and O–H groups in total. The summed E-state index contributed by atoms with van der Waals surface area (Å²) >= 11 is 1.78. The lowest BCUT2D eigenvalue weighted by Crippen LogP contribution is -2.50. The van der Waals surface area contributed by atoms with Crippen LogP contribution in [-0.2, 0) is 17.8 Å². The summed E-state index contributed by atoms with van der Waals surface area (Å²) in [4.78, 5) is 25.4. The number of likely N-dealkylation sites (N-methyl/N-ethyl adjacent to an activating group) is 1. The van der Waals surface area contributed by atoms with Gasteiger partial charge in [0.05, 0.1) is 17.2 Å². The van der Waals surface area contributed by atoms with Gasteiger partial charge >= 0.3 is 0 Å². The Kier molecular flexibility index (Phi) is 9.54. The van der Waals surface area contributed by atoms with Gasteiger partial charge in [0.2, 0.25) is 5.91 Å². The van der Waals surface area contributed by atoms with Crippen molar-refractivity contribution in [3.63, 3.8) is 0 Å². The molecule has 0 atom stereocenters. The molecule has 2 fully saturated rings. The van der Waals surface area contributed by atoms with E-state index < -0.39 is 0 Å². The summed E-state index contributed by atoms with van der Waals surface area (Å²) in [6.45, 7) is 8.79. The predicted octanol–water partition coefficient (Wildman–Crippen LogP) is 1.29. The Morgan fingerprint density at radius 1 is 1.19 bits per heavy atom. The number of rotatable bonds is 8. The van der Waals surface area contributed by atoms with Crippen LogP contribution in [0.15, 0.2) is 10.4 Å². The van der Waals surface area contributed by atoms with Crippen molar-refractivity contribution >= 4 is 23.2 Å². The van der Waals surface area contributed by atoms with Crippen molar-refractivity contribution in [2.45, 2.75) is 51.6 Å². The van der Waals surface area contributed by atoms with Gasteiger partial charge in [0.25, 0.3) is 0 Å². The van der Waals surface area contributed by atoms with Gasteiger partial charge in [0, 0.05) is 51.7 Å². The first kappa shape index (κ1) is 23.9. The molecule has 3 heterocycles. The fourth-order valence-electron chi connectivity index (χ4n) is 4.31. The summed E-state index contributed by atoms with van der Waals surface area (Å²) in [5.41, 5.74) is 1.23. The van der Waals surface area contributed by atoms with Gasteiger partial charge in [-0.1, -0.05) is 6.92 Å². The van der Waals surface area contributed by atoms with Crippen LogP contribution in [0.5, 0.6) is 0 Å². The van der Waals surface area contributed by atoms with Gasteiger partial charge < -0.3 is 16.0 Å². The van der Waals surface area contributed by atoms with Crippen LogP contribution in [0.2, 0.25) is 0 Å². The number of amides is 1. The van der Waals surface area contributed by atoms with E-state index in [2.05, 4.69) is 43.0 Å². The summed E-state index contributed by atoms with van der Waals surface area (Å²) in [7, 11) is 3.54. The van der Waals surface area contributed by atoms with Crippen LogP contribution in [0.4, 0.5) is 0 Å². The SMILES string of the molecule is CCc1nc(CN2CCC(CNC(=NC)NC3CCN(CC(=O)NC)CC3)CC2)cs1. The number of thiazole rings is 1. The van der Waals surface area contributed by atoms with E-state index in [9.17, 15) is 4.79 Å². The largest absolute Gasteiger partial charge is 0.358 e. The first-order chi connectivity index (χ1) is 15.1. The highest BCUT2D eigenvalue weighted by Gasteiger charge is 2.23. The molecule has 1 amide bonds. The number of nitrogens with one attached hydrogen (secondary N) is 3. The summed E-state index contributed by atoms with van der Waals surface area (Å²) in [5.74, 6) is 1.68. The number of likely N-dealkylation sites (tertiary alicyclic amines) is 2. The fourth-order valence-corrected chi connectivity index (χ4v) is 5.04. The van der Waals surface area contributed by atoms with E-state index in [-0.39, 0.29) is 5.91 Å². The quantitative estimate of drug-likeness (QED) is 0.410. The molecule has 3 rings (SSSR count). The molecule has 0 aliphatic carbocycles. The monoisotopic (exact) mass is 449 g/mol. The third-order valence-corrected chi connectivity index (χ3v) is 7.39. The number of aryl methyl sites for hydroxylation is 1. The van der Waals surface area contributed by atoms with Crippen molar-refractivity contribution in [1.29, 1.82) is 0 Å². The standard InChI is InChI=1S/C22H39N7OS/c1-4-21-26-19(16-31-21)14-28-9-5-17(6-10-28)13-25-22(24-3)27-18-7-11-29(12-8-18)15-20(30)23-2/h16-18H,4-15H2,1-3H3,(H,23,30)(H2,24,25,27). The molecular weight excluding hydrogens is 410 g/mol. The fraction of sp³-hybridized carbons (Fsp3) is 0.773. The summed E-state index contributed by atoms with van der Waals surface area (Å²) in [6.07, 6.45) is 5.53. The molecule has 8 nitrogen and oxygen atoms in total. The lowest BCUT2D eigenvalue weighted by Gasteiger charge is -2.34. The van der Waals surface area contributed by atoms with Crippen LogP contribution >= 0.6 is 11.3 Å². The van der Waals surface area contributed by atoms with Crippen LogP contribution in [0.25, 0.3) is 0 Å². The predicted molar refractivity (Wildman–Crippen MR) is 128 cm³/mol. The number of piperidine rings is 2. The molecule has 2 aliphatic rings. The van der Waals surface area contributed by atoms with Gasteiger partial charge in [-0.2, -0.15) is 0 Å². The van der Waals surface area contributed by atoms with Gasteiger partial charge in [-0.3, -0.25) is 19.6 Å². The van der Waals surface area contributed by atoms with Crippen LogP contribution in [0.1, 0.15) is 43.3 Å². The highest BCUT2D eigenvalue weighted by Crippen LogP contribution is 2.19. The maximum Gasteiger partial charge on any atom is 0.233 e. The van der Waals surface area contributed by atoms with Crippen molar-refractivity contribution in [3.8, 4) is 0 Å². The molecule has 1 aromatic heterocycles. The number of guanidine groups is 1. The zero-order valence-electron chi connectivity index (χ0n) is 19.3. The zero-order valence-corrected chi connectivity index (χ0v) is 20.1. The van der Waals surface area contributed by atoms with Crippen LogP contribution in [0, 0.1) is 5.92 Å². The third-order valence-electron chi connectivity index (χ3n) is 6.35. The van der Waals surface area contributed by atoms with Crippen molar-refractivity contribution in [1.82, 2.24) is 30.7 Å². The summed E-state index contributed by atoms with van der Waals surface area (Å²) in [5, 5.41) is 13.3. The minimum absolute atomic E-state index is 0.0900. The average Bonchev–Trinajstić information content (AvgIpc) is 3.26. The Morgan fingerprint density at radius 2 is 1.90 bits per heavy atom. The molecule has 174 valence electrons. The molecule has 0 spiro atoms. The first-order valence-corrected chi connectivity index (χ1v) is 12.5. The molecule has 2 aliphatic heterocycles. The maximum atomic E-state index is 11.5. The van der Waals surface area contributed by atoms with Gasteiger partial charge in [-0.15, -0.1) is 11.3 Å². The molecular formula is C22H39N7OS. The van der Waals surface area contributed by atoms with E-state index in [0.717, 1.165) is 64.5 Å². The number of carbonyl (C=O) groups is 1. The first-order valence-electron chi connectivity index (χ1n) is 11.6. The summed E-state index contributed by atoms with van der Waals surface area (Å²) < 4.78 is 0. The summed E-state index contributed by atoms with van der Waals surface area (Å²) in [6, 6.07) is 0.417. The molecule has 31 heavy (non-hydrogen) atoms. The number of aliphatic imine (C=N–C) groups is 1. The van der Waals surface area contributed by atoms with Crippen LogP contribution < -0.4 is 16.0 Å². The van der Waals surface area contributed by atoms with Crippen molar-refractivity contribution in [2.24, 2.45) is 10.9 Å². The Balaban J connectivity index is 1.32. The number of nitrogens with zero attached hydrogens (tertiary/aromatic N) is 4. The van der Waals surface area contributed by atoms with E-state index in [1.165, 1.54) is 23.5 Å². The number of hydrogen-bond acceptors (Lipinski definition) is 6. The molecule has 0 aromatic carbocycles. The average molecular weight is 450 g/mol. The van der Waals surface area contributed by atoms with E-state index in [1.807, 2.05) is 7.05 Å². The molecule has 0 saturated carbocycles. The molecule has 9 heteroatoms. The van der Waals surface area contributed by atoms with Crippen molar-refractivity contribution in [2.75, 3.05) is 53.4 Å².